The average Bonchev–Trinajstić information content (AvgIpc) is 3.44. The molecule has 0 unspecified atom stereocenters. The molecule has 1 aromatic carbocycles. The van der Waals surface area contributed by atoms with Gasteiger partial charge >= 0.3 is 0 Å². The number of anilines is 1. The van der Waals surface area contributed by atoms with Crippen molar-refractivity contribution >= 4 is 22.9 Å². The zero-order valence-corrected chi connectivity index (χ0v) is 16.4. The van der Waals surface area contributed by atoms with Gasteiger partial charge in [0.25, 0.3) is 0 Å². The molecular formula is C22H26N2O2S. The van der Waals surface area contributed by atoms with Crippen LogP contribution in [-0.2, 0) is 11.3 Å². The van der Waals surface area contributed by atoms with E-state index < -0.39 is 0 Å². The normalized spacial score (nSPS) is 21.5. The Bertz CT molecular complexity index is 807. The van der Waals surface area contributed by atoms with Crippen LogP contribution >= 0.6 is 11.3 Å². The number of likely N-dealkylation sites (tertiary alicyclic amines) is 1. The van der Waals surface area contributed by atoms with E-state index in [1.165, 1.54) is 10.6 Å². The van der Waals surface area contributed by atoms with Crippen LogP contribution in [0.4, 0.5) is 5.69 Å². The quantitative estimate of drug-likeness (QED) is 0.793. The van der Waals surface area contributed by atoms with Gasteiger partial charge in [0.05, 0.1) is 12.2 Å². The molecule has 4 nitrogen and oxygen atoms in total. The van der Waals surface area contributed by atoms with Crippen molar-refractivity contribution in [1.82, 2.24) is 4.90 Å². The Labute approximate surface area is 164 Å². The Hall–Kier alpha value is -2.01. The Balaban J connectivity index is 1.34. The molecule has 5 rings (SSSR count). The number of para-hydroxylation sites is 2. The first-order valence-corrected chi connectivity index (χ1v) is 10.9. The van der Waals surface area contributed by atoms with Gasteiger partial charge in [-0.25, -0.2) is 0 Å². The summed E-state index contributed by atoms with van der Waals surface area (Å²) in [5.41, 5.74) is 1.06. The largest absolute Gasteiger partial charge is 0.485 e. The molecule has 2 aliphatic heterocycles. The summed E-state index contributed by atoms with van der Waals surface area (Å²) in [5.74, 6) is 1.68. The standard InChI is InChI=1S/C22H26N2O2S/c25-21(17-7-8-17)23-12-9-22(10-13-23)11-14-24(16-18-4-3-15-27-18)19-5-1-2-6-20(19)26-22/h1-6,15,17H,7-14,16H2. The molecule has 0 bridgehead atoms. The molecule has 1 aromatic heterocycles. The van der Waals surface area contributed by atoms with Crippen LogP contribution in [0.5, 0.6) is 5.75 Å². The Morgan fingerprint density at radius 2 is 1.85 bits per heavy atom. The van der Waals surface area contributed by atoms with E-state index >= 15 is 0 Å². The molecule has 3 aliphatic rings. The summed E-state index contributed by atoms with van der Waals surface area (Å²) in [6.45, 7) is 3.59. The van der Waals surface area contributed by atoms with Gasteiger partial charge in [-0.15, -0.1) is 11.3 Å². The Morgan fingerprint density at radius 3 is 2.59 bits per heavy atom. The number of thiophene rings is 1. The van der Waals surface area contributed by atoms with Gasteiger partial charge in [-0.2, -0.15) is 0 Å². The van der Waals surface area contributed by atoms with Crippen molar-refractivity contribution in [2.24, 2.45) is 5.92 Å². The summed E-state index contributed by atoms with van der Waals surface area (Å²) < 4.78 is 6.66. The number of carbonyl (C=O) groups is 1. The van der Waals surface area contributed by atoms with E-state index in [0.717, 1.165) is 64.0 Å². The van der Waals surface area contributed by atoms with Crippen LogP contribution in [0.25, 0.3) is 0 Å². The molecule has 0 N–H and O–H groups in total. The number of piperidine rings is 1. The van der Waals surface area contributed by atoms with E-state index in [1.54, 1.807) is 0 Å². The third-order valence-corrected chi connectivity index (χ3v) is 7.07. The number of nitrogens with zero attached hydrogens (tertiary/aromatic N) is 2. The summed E-state index contributed by atoms with van der Waals surface area (Å²) >= 11 is 1.81. The fraction of sp³-hybridized carbons (Fsp3) is 0.500. The number of hydrogen-bond acceptors (Lipinski definition) is 4. The van der Waals surface area contributed by atoms with E-state index in [4.69, 9.17) is 4.74 Å². The smallest absolute Gasteiger partial charge is 0.225 e. The highest BCUT2D eigenvalue weighted by Crippen LogP contribution is 2.42. The highest BCUT2D eigenvalue weighted by molar-refractivity contribution is 7.09. The molecule has 1 saturated carbocycles. The van der Waals surface area contributed by atoms with Crippen LogP contribution in [0.15, 0.2) is 41.8 Å². The summed E-state index contributed by atoms with van der Waals surface area (Å²) in [6.07, 6.45) is 5.06. The molecule has 0 atom stereocenters. The fourth-order valence-corrected chi connectivity index (χ4v) is 5.10. The second-order valence-corrected chi connectivity index (χ2v) is 9.14. The predicted octanol–water partition coefficient (Wildman–Crippen LogP) is 4.31. The molecule has 0 radical (unpaired) electrons. The van der Waals surface area contributed by atoms with E-state index in [2.05, 4.69) is 51.6 Å². The second kappa shape index (κ2) is 6.86. The van der Waals surface area contributed by atoms with Gasteiger partial charge in [-0.3, -0.25) is 4.79 Å². The van der Waals surface area contributed by atoms with Gasteiger partial charge in [0.2, 0.25) is 5.91 Å². The highest BCUT2D eigenvalue weighted by Gasteiger charge is 2.42. The van der Waals surface area contributed by atoms with Crippen LogP contribution in [-0.4, -0.2) is 36.0 Å². The Morgan fingerprint density at radius 1 is 1.07 bits per heavy atom. The number of rotatable bonds is 3. The minimum absolute atomic E-state index is 0.138. The first-order chi connectivity index (χ1) is 13.2. The number of amides is 1. The van der Waals surface area contributed by atoms with Crippen molar-refractivity contribution in [2.75, 3.05) is 24.5 Å². The number of hydrogen-bond donors (Lipinski definition) is 0. The minimum Gasteiger partial charge on any atom is -0.485 e. The first-order valence-electron chi connectivity index (χ1n) is 10.1. The van der Waals surface area contributed by atoms with Gasteiger partial charge in [0, 0.05) is 49.7 Å². The molecule has 5 heteroatoms. The van der Waals surface area contributed by atoms with Gasteiger partial charge in [0.1, 0.15) is 11.4 Å². The zero-order chi connectivity index (χ0) is 18.3. The van der Waals surface area contributed by atoms with Gasteiger partial charge in [0.15, 0.2) is 0 Å². The molecule has 1 amide bonds. The van der Waals surface area contributed by atoms with Crippen molar-refractivity contribution in [1.29, 1.82) is 0 Å². The highest BCUT2D eigenvalue weighted by atomic mass is 32.1. The third kappa shape index (κ3) is 3.45. The van der Waals surface area contributed by atoms with Crippen molar-refractivity contribution in [3.63, 3.8) is 0 Å². The summed E-state index contributed by atoms with van der Waals surface area (Å²) in [5, 5.41) is 2.14. The van der Waals surface area contributed by atoms with Gasteiger partial charge < -0.3 is 14.5 Å². The van der Waals surface area contributed by atoms with Crippen LogP contribution in [0.3, 0.4) is 0 Å². The van der Waals surface area contributed by atoms with E-state index in [-0.39, 0.29) is 5.60 Å². The SMILES string of the molecule is O=C(C1CC1)N1CCC2(CC1)CCN(Cc1cccs1)c1ccccc1O2. The van der Waals surface area contributed by atoms with Crippen LogP contribution < -0.4 is 9.64 Å². The zero-order valence-electron chi connectivity index (χ0n) is 15.6. The Kier molecular flexibility index (Phi) is 4.35. The van der Waals surface area contributed by atoms with Crippen molar-refractivity contribution in [3.05, 3.63) is 46.7 Å². The van der Waals surface area contributed by atoms with Crippen LogP contribution in [0, 0.1) is 5.92 Å². The molecule has 1 spiro atoms. The van der Waals surface area contributed by atoms with Gasteiger partial charge in [-0.1, -0.05) is 18.2 Å². The number of benzene rings is 1. The summed E-state index contributed by atoms with van der Waals surface area (Å²) in [7, 11) is 0. The van der Waals surface area contributed by atoms with Crippen LogP contribution in [0.1, 0.15) is 37.0 Å². The lowest BCUT2D eigenvalue weighted by molar-refractivity contribution is -0.136. The lowest BCUT2D eigenvalue weighted by Gasteiger charge is -2.41. The van der Waals surface area contributed by atoms with E-state index in [1.807, 2.05) is 11.3 Å². The predicted molar refractivity (Wildman–Crippen MR) is 108 cm³/mol. The van der Waals surface area contributed by atoms with Crippen LogP contribution in [0.2, 0.25) is 0 Å². The van der Waals surface area contributed by atoms with E-state index in [0.29, 0.717) is 11.8 Å². The van der Waals surface area contributed by atoms with Gasteiger partial charge in [-0.05, 0) is 36.4 Å². The number of ether oxygens (including phenoxy) is 1. The van der Waals surface area contributed by atoms with E-state index in [9.17, 15) is 4.79 Å². The molecule has 1 aliphatic carbocycles. The number of fused-ring (bicyclic) bond motifs is 1. The third-order valence-electron chi connectivity index (χ3n) is 6.21. The fourth-order valence-electron chi connectivity index (χ4n) is 4.38. The molecule has 3 heterocycles. The lowest BCUT2D eigenvalue weighted by atomic mass is 9.87. The first kappa shape index (κ1) is 17.1. The van der Waals surface area contributed by atoms with Crippen molar-refractivity contribution in [3.8, 4) is 5.75 Å². The minimum atomic E-state index is -0.138. The molecule has 2 fully saturated rings. The molecule has 2 aromatic rings. The maximum absolute atomic E-state index is 12.4. The molecule has 142 valence electrons. The maximum Gasteiger partial charge on any atom is 0.225 e. The lowest BCUT2D eigenvalue weighted by Crippen LogP contribution is -2.50. The molecular weight excluding hydrogens is 356 g/mol. The topological polar surface area (TPSA) is 32.8 Å². The summed E-state index contributed by atoms with van der Waals surface area (Å²) in [6, 6.07) is 12.8. The molecule has 27 heavy (non-hydrogen) atoms. The molecule has 1 saturated heterocycles. The average molecular weight is 383 g/mol. The van der Waals surface area contributed by atoms with Crippen molar-refractivity contribution < 1.29 is 9.53 Å². The monoisotopic (exact) mass is 382 g/mol. The second-order valence-electron chi connectivity index (χ2n) is 8.10. The maximum atomic E-state index is 12.4. The summed E-state index contributed by atoms with van der Waals surface area (Å²) in [4.78, 5) is 18.3. The van der Waals surface area contributed by atoms with Crippen molar-refractivity contribution in [2.45, 2.75) is 44.2 Å². The number of carbonyl (C=O) groups excluding carboxylic acids is 1.